The summed E-state index contributed by atoms with van der Waals surface area (Å²) in [4.78, 5) is 36.8. The molecule has 0 aliphatic carbocycles. The molecule has 2 aromatic rings. The Morgan fingerprint density at radius 3 is 2.67 bits per heavy atom. The van der Waals surface area contributed by atoms with Gasteiger partial charge in [-0.1, -0.05) is 6.07 Å². The number of hydrogen-bond acceptors (Lipinski definition) is 4. The molecule has 1 aliphatic heterocycles. The van der Waals surface area contributed by atoms with Crippen LogP contribution in [0.3, 0.4) is 0 Å². The third-order valence-corrected chi connectivity index (χ3v) is 3.99. The number of carbonyl (C=O) groups excluding carboxylic acids is 3. The van der Waals surface area contributed by atoms with Crippen LogP contribution < -0.4 is 4.90 Å². The normalized spacial score (nSPS) is 13.7. The predicted molar refractivity (Wildman–Crippen MR) is 71.7 cm³/mol. The Bertz CT molecular complexity index is 771. The number of thiophene rings is 1. The molecule has 0 saturated heterocycles. The van der Waals surface area contributed by atoms with E-state index in [0.29, 0.717) is 10.9 Å². The average molecular weight is 307 g/mol. The first kappa shape index (κ1) is 13.6. The van der Waals surface area contributed by atoms with Crippen molar-refractivity contribution in [2.24, 2.45) is 0 Å². The summed E-state index contributed by atoms with van der Waals surface area (Å²) < 4.78 is 27.0. The van der Waals surface area contributed by atoms with E-state index < -0.39 is 35.7 Å². The molecule has 3 rings (SSSR count). The SMILES string of the molecule is O=C(CN1C(=O)C(=O)c2cc(F)cc(F)c21)c1cccs1. The molecule has 0 N–H and O–H groups in total. The van der Waals surface area contributed by atoms with Crippen LogP contribution in [0.5, 0.6) is 0 Å². The van der Waals surface area contributed by atoms with Crippen molar-refractivity contribution < 1.29 is 23.2 Å². The minimum absolute atomic E-state index is 0.337. The highest BCUT2D eigenvalue weighted by atomic mass is 32.1. The first-order chi connectivity index (χ1) is 9.99. The summed E-state index contributed by atoms with van der Waals surface area (Å²) in [6.07, 6.45) is 0. The number of benzene rings is 1. The van der Waals surface area contributed by atoms with Crippen molar-refractivity contribution in [1.82, 2.24) is 0 Å². The number of ketones is 2. The number of anilines is 1. The third kappa shape index (κ3) is 2.15. The van der Waals surface area contributed by atoms with Crippen LogP contribution in [0.4, 0.5) is 14.5 Å². The lowest BCUT2D eigenvalue weighted by molar-refractivity contribution is -0.114. The molecule has 0 atom stereocenters. The zero-order valence-corrected chi connectivity index (χ0v) is 11.2. The zero-order chi connectivity index (χ0) is 15.1. The molecule has 106 valence electrons. The molecule has 0 bridgehead atoms. The van der Waals surface area contributed by atoms with Crippen molar-refractivity contribution in [1.29, 1.82) is 0 Å². The summed E-state index contributed by atoms with van der Waals surface area (Å²) >= 11 is 1.18. The molecule has 0 saturated carbocycles. The quantitative estimate of drug-likeness (QED) is 0.646. The van der Waals surface area contributed by atoms with Crippen LogP contribution in [-0.4, -0.2) is 24.0 Å². The van der Waals surface area contributed by atoms with Gasteiger partial charge in [-0.25, -0.2) is 8.78 Å². The van der Waals surface area contributed by atoms with E-state index in [4.69, 9.17) is 0 Å². The van der Waals surface area contributed by atoms with Gasteiger partial charge in [0.15, 0.2) is 11.6 Å². The van der Waals surface area contributed by atoms with E-state index >= 15 is 0 Å². The Labute approximate surface area is 121 Å². The summed E-state index contributed by atoms with van der Waals surface area (Å²) in [5.41, 5.74) is -0.687. The van der Waals surface area contributed by atoms with Gasteiger partial charge in [0.2, 0.25) is 0 Å². The van der Waals surface area contributed by atoms with Gasteiger partial charge < -0.3 is 0 Å². The molecule has 21 heavy (non-hydrogen) atoms. The van der Waals surface area contributed by atoms with Gasteiger partial charge in [-0.2, -0.15) is 0 Å². The summed E-state index contributed by atoms with van der Waals surface area (Å²) in [7, 11) is 0. The molecule has 7 heteroatoms. The predicted octanol–water partition coefficient (Wildman–Crippen LogP) is 2.44. The minimum Gasteiger partial charge on any atom is -0.294 e. The monoisotopic (exact) mass is 307 g/mol. The number of halogens is 2. The van der Waals surface area contributed by atoms with Crippen LogP contribution in [0.2, 0.25) is 0 Å². The van der Waals surface area contributed by atoms with E-state index in [2.05, 4.69) is 0 Å². The average Bonchev–Trinajstić information content (AvgIpc) is 3.03. The third-order valence-electron chi connectivity index (χ3n) is 3.08. The van der Waals surface area contributed by atoms with E-state index in [1.807, 2.05) is 0 Å². The number of fused-ring (bicyclic) bond motifs is 1. The molecule has 1 aromatic heterocycles. The van der Waals surface area contributed by atoms with E-state index in [-0.39, 0.29) is 11.3 Å². The van der Waals surface area contributed by atoms with E-state index in [9.17, 15) is 23.2 Å². The van der Waals surface area contributed by atoms with Crippen LogP contribution in [-0.2, 0) is 4.79 Å². The Morgan fingerprint density at radius 2 is 2.00 bits per heavy atom. The number of amides is 1. The second kappa shape index (κ2) is 4.85. The van der Waals surface area contributed by atoms with Crippen molar-refractivity contribution in [2.75, 3.05) is 11.4 Å². The molecule has 0 fully saturated rings. The second-order valence-corrected chi connectivity index (χ2v) is 5.35. The van der Waals surface area contributed by atoms with Crippen LogP contribution >= 0.6 is 11.3 Å². The highest BCUT2D eigenvalue weighted by Gasteiger charge is 2.39. The van der Waals surface area contributed by atoms with Crippen molar-refractivity contribution in [3.8, 4) is 0 Å². The minimum atomic E-state index is -1.04. The number of Topliss-reactive ketones (excluding diaryl/α,β-unsaturated/α-hetero) is 2. The number of carbonyl (C=O) groups is 3. The summed E-state index contributed by atoms with van der Waals surface area (Å²) in [6, 6.07) is 4.61. The van der Waals surface area contributed by atoms with Gasteiger partial charge in [-0.05, 0) is 17.5 Å². The van der Waals surface area contributed by atoms with Gasteiger partial charge in [-0.3, -0.25) is 19.3 Å². The lowest BCUT2D eigenvalue weighted by atomic mass is 10.1. The van der Waals surface area contributed by atoms with Gasteiger partial charge in [0, 0.05) is 6.07 Å². The highest BCUT2D eigenvalue weighted by Crippen LogP contribution is 2.32. The van der Waals surface area contributed by atoms with E-state index in [0.717, 1.165) is 11.0 Å². The van der Waals surface area contributed by atoms with Crippen molar-refractivity contribution in [2.45, 2.75) is 0 Å². The molecule has 2 heterocycles. The first-order valence-corrected chi connectivity index (χ1v) is 6.79. The summed E-state index contributed by atoms with van der Waals surface area (Å²) in [5.74, 6) is -4.44. The van der Waals surface area contributed by atoms with Crippen molar-refractivity contribution in [3.63, 3.8) is 0 Å². The van der Waals surface area contributed by atoms with Crippen LogP contribution in [0.1, 0.15) is 20.0 Å². The number of hydrogen-bond donors (Lipinski definition) is 0. The number of rotatable bonds is 3. The Kier molecular flexibility index (Phi) is 3.13. The summed E-state index contributed by atoms with van der Waals surface area (Å²) in [6.45, 7) is -0.458. The van der Waals surface area contributed by atoms with Gasteiger partial charge >= 0.3 is 0 Å². The first-order valence-electron chi connectivity index (χ1n) is 5.91. The van der Waals surface area contributed by atoms with Crippen LogP contribution in [0.25, 0.3) is 0 Å². The second-order valence-electron chi connectivity index (χ2n) is 4.40. The molecular formula is C14H7F2NO3S. The van der Waals surface area contributed by atoms with Gasteiger partial charge in [0.25, 0.3) is 11.7 Å². The van der Waals surface area contributed by atoms with Crippen LogP contribution in [0.15, 0.2) is 29.6 Å². The topological polar surface area (TPSA) is 54.5 Å². The van der Waals surface area contributed by atoms with Gasteiger partial charge in [-0.15, -0.1) is 11.3 Å². The van der Waals surface area contributed by atoms with Gasteiger partial charge in [0.1, 0.15) is 5.82 Å². The smallest absolute Gasteiger partial charge is 0.294 e. The number of nitrogens with zero attached hydrogens (tertiary/aromatic N) is 1. The Balaban J connectivity index is 2.00. The standard InChI is InChI=1S/C14H7F2NO3S/c15-7-4-8-12(9(16)5-7)17(14(20)13(8)19)6-10(18)11-2-1-3-21-11/h1-5H,6H2. The maximum atomic E-state index is 13.8. The molecule has 0 spiro atoms. The molecular weight excluding hydrogens is 300 g/mol. The van der Waals surface area contributed by atoms with Crippen molar-refractivity contribution in [3.05, 3.63) is 51.7 Å². The lowest BCUT2D eigenvalue weighted by Crippen LogP contribution is -2.34. The molecule has 0 radical (unpaired) electrons. The Morgan fingerprint density at radius 1 is 1.24 bits per heavy atom. The fraction of sp³-hybridized carbons (Fsp3) is 0.0714. The largest absolute Gasteiger partial charge is 0.299 e. The van der Waals surface area contributed by atoms with Crippen molar-refractivity contribution >= 4 is 34.5 Å². The van der Waals surface area contributed by atoms with E-state index in [1.54, 1.807) is 17.5 Å². The molecule has 0 unspecified atom stereocenters. The highest BCUT2D eigenvalue weighted by molar-refractivity contribution is 7.12. The molecule has 4 nitrogen and oxygen atoms in total. The maximum Gasteiger partial charge on any atom is 0.299 e. The molecule has 1 aliphatic rings. The molecule has 1 aromatic carbocycles. The fourth-order valence-electron chi connectivity index (χ4n) is 2.16. The van der Waals surface area contributed by atoms with Gasteiger partial charge in [0.05, 0.1) is 22.7 Å². The molecule has 1 amide bonds. The lowest BCUT2D eigenvalue weighted by Gasteiger charge is -2.15. The fourth-order valence-corrected chi connectivity index (χ4v) is 2.82. The zero-order valence-electron chi connectivity index (χ0n) is 10.4. The Hall–Kier alpha value is -2.41. The van der Waals surface area contributed by atoms with E-state index in [1.165, 1.54) is 11.3 Å². The maximum absolute atomic E-state index is 13.8. The summed E-state index contributed by atoms with van der Waals surface area (Å²) in [5, 5.41) is 1.69. The van der Waals surface area contributed by atoms with Crippen LogP contribution in [0, 0.1) is 11.6 Å².